The highest BCUT2D eigenvalue weighted by Crippen LogP contribution is 2.18. The number of halogens is 2. The number of Topliss-reactive ketones (excluding diaryl/α,β-unsaturated/α-hetero) is 1. The highest BCUT2D eigenvalue weighted by Gasteiger charge is 2.30. The Balaban J connectivity index is 0. The lowest BCUT2D eigenvalue weighted by atomic mass is 10.1. The van der Waals surface area contributed by atoms with Crippen molar-refractivity contribution >= 4 is 43.6 Å². The van der Waals surface area contributed by atoms with E-state index < -0.39 is 0 Å². The van der Waals surface area contributed by atoms with Crippen LogP contribution in [0.1, 0.15) is 47.0 Å². The summed E-state index contributed by atoms with van der Waals surface area (Å²) in [6.45, 7) is 8.15. The van der Waals surface area contributed by atoms with Crippen molar-refractivity contribution in [3.05, 3.63) is 0 Å². The van der Waals surface area contributed by atoms with Crippen LogP contribution in [0.15, 0.2) is 0 Å². The lowest BCUT2D eigenvalue weighted by molar-refractivity contribution is -0.136. The zero-order chi connectivity index (χ0) is 13.8. The average molecular weight is 373 g/mol. The van der Waals surface area contributed by atoms with Crippen LogP contribution in [0.5, 0.6) is 0 Å². The van der Waals surface area contributed by atoms with E-state index in [2.05, 4.69) is 31.9 Å². The van der Waals surface area contributed by atoms with Gasteiger partial charge in [0.2, 0.25) is 5.91 Å². The Morgan fingerprint density at radius 3 is 2.12 bits per heavy atom. The fraction of sp³-hybridized carbons (Fsp3) is 0.833. The minimum absolute atomic E-state index is 0.104. The molecule has 0 N–H and O–H groups in total. The second-order valence-electron chi connectivity index (χ2n) is 3.31. The van der Waals surface area contributed by atoms with Gasteiger partial charge in [-0.2, -0.15) is 0 Å². The molecule has 1 heterocycles. The number of rotatable bonds is 2. The summed E-state index contributed by atoms with van der Waals surface area (Å²) in [4.78, 5) is 24.1. The lowest BCUT2D eigenvalue weighted by Gasteiger charge is -2.21. The topological polar surface area (TPSA) is 37.4 Å². The van der Waals surface area contributed by atoms with Gasteiger partial charge >= 0.3 is 0 Å². The fourth-order valence-corrected chi connectivity index (χ4v) is 1.69. The molecule has 1 rings (SSSR count). The Labute approximate surface area is 122 Å². The van der Waals surface area contributed by atoms with E-state index in [0.717, 1.165) is 23.6 Å². The summed E-state index contributed by atoms with van der Waals surface area (Å²) in [5.41, 5.74) is 0. The molecule has 0 spiro atoms. The first-order valence-corrected chi connectivity index (χ1v) is 8.24. The second-order valence-corrected chi connectivity index (χ2v) is 5.94. The summed E-state index contributed by atoms with van der Waals surface area (Å²) in [6, 6.07) is -0.127. The zero-order valence-electron chi connectivity index (χ0n) is 11.1. The Hall–Kier alpha value is 0.1000. The maximum absolute atomic E-state index is 11.3. The lowest BCUT2D eigenvalue weighted by Crippen LogP contribution is -2.39. The van der Waals surface area contributed by atoms with Crippen LogP contribution < -0.4 is 0 Å². The Morgan fingerprint density at radius 2 is 1.76 bits per heavy atom. The minimum Gasteiger partial charge on any atom is -0.333 e. The largest absolute Gasteiger partial charge is 0.333 e. The number of alkyl halides is 2. The number of carbonyl (C=O) groups is 2. The van der Waals surface area contributed by atoms with Crippen LogP contribution in [0.3, 0.4) is 0 Å². The molecule has 0 saturated carbocycles. The van der Waals surface area contributed by atoms with Crippen molar-refractivity contribution in [3.63, 3.8) is 0 Å². The van der Waals surface area contributed by atoms with Crippen LogP contribution in [0, 0.1) is 0 Å². The molecule has 1 amide bonds. The molecule has 1 fully saturated rings. The van der Waals surface area contributed by atoms with Crippen molar-refractivity contribution in [1.82, 2.24) is 4.90 Å². The molecule has 1 unspecified atom stereocenters. The Kier molecular flexibility index (Phi) is 14.4. The molecule has 5 heteroatoms. The third kappa shape index (κ3) is 7.92. The molecule has 1 saturated heterocycles. The standard InChI is InChI=1S/C9H15NO2.C2H6.CH2Br2/c1-3-9(12)10-6-4-5-8(10)7(2)11;1-2;2-1-3/h8H,3-6H2,1-2H3;1-2H3;1H2. The number of hydrogen-bond acceptors (Lipinski definition) is 2. The number of ketones is 1. The van der Waals surface area contributed by atoms with Crippen molar-refractivity contribution < 1.29 is 9.59 Å². The molecule has 0 radical (unpaired) electrons. The van der Waals surface area contributed by atoms with Crippen LogP contribution >= 0.6 is 31.9 Å². The first kappa shape index (κ1) is 19.4. The van der Waals surface area contributed by atoms with Crippen LogP contribution in [-0.4, -0.2) is 33.4 Å². The summed E-state index contributed by atoms with van der Waals surface area (Å²) in [7, 11) is 0. The molecular weight excluding hydrogens is 350 g/mol. The van der Waals surface area contributed by atoms with Gasteiger partial charge in [0.1, 0.15) is 0 Å². The molecule has 3 nitrogen and oxygen atoms in total. The van der Waals surface area contributed by atoms with E-state index in [9.17, 15) is 9.59 Å². The molecular formula is C12H23Br2NO2. The molecule has 0 aromatic carbocycles. The van der Waals surface area contributed by atoms with Crippen LogP contribution in [0.2, 0.25) is 0 Å². The Bertz CT molecular complexity index is 223. The van der Waals surface area contributed by atoms with Gasteiger partial charge in [0, 0.05) is 13.0 Å². The highest BCUT2D eigenvalue weighted by atomic mass is 79.9. The zero-order valence-corrected chi connectivity index (χ0v) is 14.3. The smallest absolute Gasteiger partial charge is 0.222 e. The van der Waals surface area contributed by atoms with Gasteiger partial charge < -0.3 is 4.90 Å². The van der Waals surface area contributed by atoms with Gasteiger partial charge in [-0.3, -0.25) is 9.59 Å². The normalized spacial score (nSPS) is 17.5. The first-order chi connectivity index (χ1) is 8.08. The van der Waals surface area contributed by atoms with Crippen molar-refractivity contribution in [3.8, 4) is 0 Å². The second kappa shape index (κ2) is 12.6. The maximum Gasteiger partial charge on any atom is 0.222 e. The van der Waals surface area contributed by atoms with Gasteiger partial charge in [-0.05, 0) is 19.8 Å². The molecule has 1 atom stereocenters. The summed E-state index contributed by atoms with van der Waals surface area (Å²) in [5.74, 6) is 0.224. The molecule has 17 heavy (non-hydrogen) atoms. The fourth-order valence-electron chi connectivity index (χ4n) is 1.69. The molecule has 0 bridgehead atoms. The van der Waals surface area contributed by atoms with E-state index in [4.69, 9.17) is 0 Å². The van der Waals surface area contributed by atoms with Gasteiger partial charge in [-0.1, -0.05) is 52.6 Å². The Morgan fingerprint density at radius 1 is 1.29 bits per heavy atom. The summed E-state index contributed by atoms with van der Waals surface area (Å²) in [5, 5.41) is 0. The SMILES string of the molecule is BrCBr.CC.CCC(=O)N1CCCC1C(C)=O. The number of nitrogens with zero attached hydrogens (tertiary/aromatic N) is 1. The van der Waals surface area contributed by atoms with Crippen LogP contribution in [0.4, 0.5) is 0 Å². The van der Waals surface area contributed by atoms with Crippen molar-refractivity contribution in [1.29, 1.82) is 0 Å². The monoisotopic (exact) mass is 371 g/mol. The molecule has 1 aliphatic rings. The summed E-state index contributed by atoms with van der Waals surface area (Å²) >= 11 is 6.12. The van der Waals surface area contributed by atoms with Crippen molar-refractivity contribution in [2.24, 2.45) is 0 Å². The molecule has 0 aliphatic carbocycles. The summed E-state index contributed by atoms with van der Waals surface area (Å²) in [6.07, 6.45) is 2.32. The third-order valence-electron chi connectivity index (χ3n) is 2.34. The van der Waals surface area contributed by atoms with E-state index in [-0.39, 0.29) is 17.7 Å². The first-order valence-electron chi connectivity index (χ1n) is 6.00. The number of hydrogen-bond donors (Lipinski definition) is 0. The van der Waals surface area contributed by atoms with Gasteiger partial charge in [-0.25, -0.2) is 0 Å². The maximum atomic E-state index is 11.3. The predicted molar refractivity (Wildman–Crippen MR) is 79.8 cm³/mol. The molecule has 1 aliphatic heterocycles. The third-order valence-corrected chi connectivity index (χ3v) is 2.34. The van der Waals surface area contributed by atoms with Gasteiger partial charge in [0.25, 0.3) is 0 Å². The number of likely N-dealkylation sites (tertiary alicyclic amines) is 1. The van der Waals surface area contributed by atoms with E-state index in [1.165, 1.54) is 0 Å². The van der Waals surface area contributed by atoms with Crippen molar-refractivity contribution in [2.45, 2.75) is 53.0 Å². The molecule has 0 aromatic rings. The van der Waals surface area contributed by atoms with Crippen LogP contribution in [0.25, 0.3) is 0 Å². The van der Waals surface area contributed by atoms with E-state index in [1.54, 1.807) is 11.8 Å². The van der Waals surface area contributed by atoms with E-state index >= 15 is 0 Å². The average Bonchev–Trinajstić information content (AvgIpc) is 2.81. The van der Waals surface area contributed by atoms with Gasteiger partial charge in [-0.15, -0.1) is 0 Å². The predicted octanol–water partition coefficient (Wildman–Crippen LogP) is 3.74. The van der Waals surface area contributed by atoms with E-state index in [0.29, 0.717) is 6.42 Å². The summed E-state index contributed by atoms with van der Waals surface area (Å²) < 4.78 is 0.875. The molecule has 102 valence electrons. The number of amides is 1. The van der Waals surface area contributed by atoms with Gasteiger partial charge in [0.05, 0.1) is 10.3 Å². The minimum atomic E-state index is -0.127. The van der Waals surface area contributed by atoms with E-state index in [1.807, 2.05) is 20.8 Å². The van der Waals surface area contributed by atoms with Crippen molar-refractivity contribution in [2.75, 3.05) is 10.8 Å². The molecule has 0 aromatic heterocycles. The van der Waals surface area contributed by atoms with Crippen LogP contribution in [-0.2, 0) is 9.59 Å². The quantitative estimate of drug-likeness (QED) is 0.692. The number of carbonyl (C=O) groups excluding carboxylic acids is 2. The highest BCUT2D eigenvalue weighted by molar-refractivity contribution is 9.24. The van der Waals surface area contributed by atoms with Gasteiger partial charge in [0.15, 0.2) is 5.78 Å².